The SMILES string of the molecule is CC(NC(=O)CCCc1ncc(-c2ccccc2)o1)c1ccc(F)cc1F. The summed E-state index contributed by atoms with van der Waals surface area (Å²) in [5.41, 5.74) is 1.20. The zero-order chi connectivity index (χ0) is 19.2. The molecule has 2 aromatic carbocycles. The summed E-state index contributed by atoms with van der Waals surface area (Å²) in [5, 5.41) is 2.72. The molecule has 0 aliphatic rings. The average Bonchev–Trinajstić information content (AvgIpc) is 3.11. The number of benzene rings is 2. The summed E-state index contributed by atoms with van der Waals surface area (Å²) in [7, 11) is 0. The zero-order valence-corrected chi connectivity index (χ0v) is 14.9. The Balaban J connectivity index is 1.48. The molecule has 1 aromatic heterocycles. The first-order valence-electron chi connectivity index (χ1n) is 8.77. The molecule has 4 nitrogen and oxygen atoms in total. The number of carbonyl (C=O) groups is 1. The van der Waals surface area contributed by atoms with Gasteiger partial charge in [0.25, 0.3) is 0 Å². The normalized spacial score (nSPS) is 12.0. The molecule has 0 radical (unpaired) electrons. The Bertz CT molecular complexity index is 910. The van der Waals surface area contributed by atoms with Crippen molar-refractivity contribution in [1.29, 1.82) is 0 Å². The minimum atomic E-state index is -0.670. The summed E-state index contributed by atoms with van der Waals surface area (Å²) in [5.74, 6) is -0.262. The Labute approximate surface area is 156 Å². The maximum atomic E-state index is 13.8. The summed E-state index contributed by atoms with van der Waals surface area (Å²) in [6, 6.07) is 12.4. The fraction of sp³-hybridized carbons (Fsp3) is 0.238. The molecule has 0 aliphatic heterocycles. The van der Waals surface area contributed by atoms with Gasteiger partial charge in [-0.2, -0.15) is 0 Å². The molecule has 0 aliphatic carbocycles. The highest BCUT2D eigenvalue weighted by Crippen LogP contribution is 2.21. The van der Waals surface area contributed by atoms with E-state index in [1.165, 1.54) is 12.1 Å². The van der Waals surface area contributed by atoms with E-state index >= 15 is 0 Å². The third-order valence-corrected chi connectivity index (χ3v) is 4.21. The van der Waals surface area contributed by atoms with E-state index in [4.69, 9.17) is 4.42 Å². The van der Waals surface area contributed by atoms with Crippen LogP contribution in [0.1, 0.15) is 37.3 Å². The number of nitrogens with one attached hydrogen (secondary N) is 1. The summed E-state index contributed by atoms with van der Waals surface area (Å²) in [4.78, 5) is 16.3. The van der Waals surface area contributed by atoms with Crippen molar-refractivity contribution < 1.29 is 18.0 Å². The Morgan fingerprint density at radius 1 is 1.19 bits per heavy atom. The van der Waals surface area contributed by atoms with Gasteiger partial charge >= 0.3 is 0 Å². The number of carbonyl (C=O) groups excluding carboxylic acids is 1. The van der Waals surface area contributed by atoms with Gasteiger partial charge in [-0.1, -0.05) is 36.4 Å². The molecule has 140 valence electrons. The maximum Gasteiger partial charge on any atom is 0.220 e. The highest BCUT2D eigenvalue weighted by Gasteiger charge is 2.14. The molecular weight excluding hydrogens is 350 g/mol. The van der Waals surface area contributed by atoms with Gasteiger partial charge in [-0.15, -0.1) is 0 Å². The molecule has 0 saturated carbocycles. The lowest BCUT2D eigenvalue weighted by Gasteiger charge is -2.15. The molecule has 1 atom stereocenters. The van der Waals surface area contributed by atoms with Crippen LogP contribution in [0.25, 0.3) is 11.3 Å². The Hall–Kier alpha value is -3.02. The van der Waals surface area contributed by atoms with Gasteiger partial charge in [0.05, 0.1) is 12.2 Å². The first kappa shape index (κ1) is 18.8. The van der Waals surface area contributed by atoms with Gasteiger partial charge in [-0.05, 0) is 19.4 Å². The molecule has 27 heavy (non-hydrogen) atoms. The number of oxazole rings is 1. The second kappa shape index (κ2) is 8.58. The predicted octanol–water partition coefficient (Wildman–Crippen LogP) is 4.82. The molecular formula is C21H20F2N2O2. The standard InChI is InChI=1S/C21H20F2N2O2/c1-14(17-11-10-16(22)12-18(17)23)25-20(26)8-5-9-21-24-13-19(27-21)15-6-3-2-4-7-15/h2-4,6-7,10-14H,5,8-9H2,1H3,(H,25,26). The molecule has 0 fully saturated rings. The van der Waals surface area contributed by atoms with Crippen LogP contribution < -0.4 is 5.32 Å². The molecule has 0 spiro atoms. The summed E-state index contributed by atoms with van der Waals surface area (Å²) in [6.45, 7) is 1.66. The van der Waals surface area contributed by atoms with Crippen molar-refractivity contribution >= 4 is 5.91 Å². The van der Waals surface area contributed by atoms with Gasteiger partial charge in [0.1, 0.15) is 11.6 Å². The molecule has 1 heterocycles. The van der Waals surface area contributed by atoms with Crippen molar-refractivity contribution in [3.63, 3.8) is 0 Å². The fourth-order valence-electron chi connectivity index (χ4n) is 2.81. The Kier molecular flexibility index (Phi) is 5.96. The smallest absolute Gasteiger partial charge is 0.220 e. The third-order valence-electron chi connectivity index (χ3n) is 4.21. The summed E-state index contributed by atoms with van der Waals surface area (Å²) >= 11 is 0. The van der Waals surface area contributed by atoms with Crippen LogP contribution in [0.4, 0.5) is 8.78 Å². The van der Waals surface area contributed by atoms with Crippen LogP contribution in [0.5, 0.6) is 0 Å². The van der Waals surface area contributed by atoms with Crippen LogP contribution in [-0.2, 0) is 11.2 Å². The van der Waals surface area contributed by atoms with E-state index in [-0.39, 0.29) is 17.9 Å². The lowest BCUT2D eigenvalue weighted by molar-refractivity contribution is -0.121. The van der Waals surface area contributed by atoms with Gasteiger partial charge in [0, 0.05) is 30.0 Å². The molecule has 1 amide bonds. The monoisotopic (exact) mass is 370 g/mol. The molecule has 1 unspecified atom stereocenters. The van der Waals surface area contributed by atoms with Crippen molar-refractivity contribution in [2.45, 2.75) is 32.2 Å². The van der Waals surface area contributed by atoms with E-state index in [0.29, 0.717) is 24.5 Å². The van der Waals surface area contributed by atoms with E-state index in [0.717, 1.165) is 11.6 Å². The number of aromatic nitrogens is 1. The minimum absolute atomic E-state index is 0.207. The molecule has 3 aromatic rings. The van der Waals surface area contributed by atoms with Gasteiger partial charge in [-0.25, -0.2) is 13.8 Å². The van der Waals surface area contributed by atoms with Crippen molar-refractivity contribution in [2.75, 3.05) is 0 Å². The van der Waals surface area contributed by atoms with Crippen LogP contribution in [-0.4, -0.2) is 10.9 Å². The number of aryl methyl sites for hydroxylation is 1. The van der Waals surface area contributed by atoms with E-state index < -0.39 is 17.7 Å². The molecule has 1 N–H and O–H groups in total. The minimum Gasteiger partial charge on any atom is -0.441 e. The second-order valence-corrected chi connectivity index (χ2v) is 6.29. The lowest BCUT2D eigenvalue weighted by Crippen LogP contribution is -2.27. The van der Waals surface area contributed by atoms with Gasteiger partial charge in [-0.3, -0.25) is 4.79 Å². The Morgan fingerprint density at radius 3 is 2.70 bits per heavy atom. The third kappa shape index (κ3) is 5.00. The largest absolute Gasteiger partial charge is 0.441 e. The number of nitrogens with zero attached hydrogens (tertiary/aromatic N) is 1. The summed E-state index contributed by atoms with van der Waals surface area (Å²) < 4.78 is 32.4. The van der Waals surface area contributed by atoms with Crippen LogP contribution in [0.2, 0.25) is 0 Å². The molecule has 3 rings (SSSR count). The Morgan fingerprint density at radius 2 is 1.96 bits per heavy atom. The topological polar surface area (TPSA) is 55.1 Å². The van der Waals surface area contributed by atoms with Crippen LogP contribution in [0.3, 0.4) is 0 Å². The van der Waals surface area contributed by atoms with Crippen LogP contribution >= 0.6 is 0 Å². The quantitative estimate of drug-likeness (QED) is 0.649. The van der Waals surface area contributed by atoms with Crippen molar-refractivity contribution in [3.05, 3.63) is 77.8 Å². The number of rotatable bonds is 7. The van der Waals surface area contributed by atoms with E-state index in [1.54, 1.807) is 13.1 Å². The average molecular weight is 370 g/mol. The predicted molar refractivity (Wildman–Crippen MR) is 97.8 cm³/mol. The summed E-state index contributed by atoms with van der Waals surface area (Å²) in [6.07, 6.45) is 3.01. The number of halogens is 2. The lowest BCUT2D eigenvalue weighted by atomic mass is 10.1. The highest BCUT2D eigenvalue weighted by molar-refractivity contribution is 5.76. The van der Waals surface area contributed by atoms with Gasteiger partial charge < -0.3 is 9.73 Å². The van der Waals surface area contributed by atoms with Gasteiger partial charge in [0.2, 0.25) is 5.91 Å². The maximum absolute atomic E-state index is 13.8. The first-order chi connectivity index (χ1) is 13.0. The van der Waals surface area contributed by atoms with Gasteiger partial charge in [0.15, 0.2) is 11.7 Å². The van der Waals surface area contributed by atoms with Crippen molar-refractivity contribution in [2.24, 2.45) is 0 Å². The zero-order valence-electron chi connectivity index (χ0n) is 14.9. The van der Waals surface area contributed by atoms with Crippen molar-refractivity contribution in [3.8, 4) is 11.3 Å². The second-order valence-electron chi connectivity index (χ2n) is 6.29. The number of hydrogen-bond acceptors (Lipinski definition) is 3. The van der Waals surface area contributed by atoms with E-state index in [2.05, 4.69) is 10.3 Å². The number of hydrogen-bond donors (Lipinski definition) is 1. The molecule has 0 bridgehead atoms. The molecule has 0 saturated heterocycles. The van der Waals surface area contributed by atoms with Crippen molar-refractivity contribution in [1.82, 2.24) is 10.3 Å². The molecule has 6 heteroatoms. The fourth-order valence-corrected chi connectivity index (χ4v) is 2.81. The van der Waals surface area contributed by atoms with E-state index in [9.17, 15) is 13.6 Å². The van der Waals surface area contributed by atoms with Crippen LogP contribution in [0, 0.1) is 11.6 Å². The number of amides is 1. The highest BCUT2D eigenvalue weighted by atomic mass is 19.1. The first-order valence-corrected chi connectivity index (χ1v) is 8.77. The van der Waals surface area contributed by atoms with E-state index in [1.807, 2.05) is 30.3 Å². The van der Waals surface area contributed by atoms with Crippen LogP contribution in [0.15, 0.2) is 59.1 Å².